The number of carbonyl (C=O) groups excluding carboxylic acids is 1. The predicted octanol–water partition coefficient (Wildman–Crippen LogP) is 3.37. The number of nitrogens with zero attached hydrogens (tertiary/aromatic N) is 3. The van der Waals surface area contributed by atoms with Gasteiger partial charge in [-0.1, -0.05) is 0 Å². The number of hydrogen-bond donors (Lipinski definition) is 1. The zero-order valence-corrected chi connectivity index (χ0v) is 19.8. The van der Waals surface area contributed by atoms with Gasteiger partial charge in [0.2, 0.25) is 5.88 Å². The van der Waals surface area contributed by atoms with Gasteiger partial charge in [-0.25, -0.2) is 4.98 Å². The maximum absolute atomic E-state index is 11.9. The van der Waals surface area contributed by atoms with Crippen LogP contribution in [0.2, 0.25) is 0 Å². The number of nitrogens with one attached hydrogen (secondary N) is 1. The van der Waals surface area contributed by atoms with Crippen LogP contribution in [-0.4, -0.2) is 54.7 Å². The fourth-order valence-corrected chi connectivity index (χ4v) is 3.90. The standard InChI is InChI=1S/C21H32N4O3.HI/c1-3-27-20(26)17-9-12-25(13-10-17)21(22-2)24-15-16-8-11-23-19(14-16)28-18-6-4-5-7-18;/h8,11,14,17-18H,3-7,9-10,12-13,15H2,1-2H3,(H,22,24);1H. The number of esters is 1. The van der Waals surface area contributed by atoms with E-state index in [2.05, 4.69) is 20.2 Å². The number of ether oxygens (including phenoxy) is 2. The number of aliphatic imine (C=N–C) groups is 1. The highest BCUT2D eigenvalue weighted by molar-refractivity contribution is 14.0. The van der Waals surface area contributed by atoms with Crippen molar-refractivity contribution in [3.8, 4) is 5.88 Å². The Hall–Kier alpha value is -1.58. The molecule has 1 saturated heterocycles. The fourth-order valence-electron chi connectivity index (χ4n) is 3.90. The van der Waals surface area contributed by atoms with Crippen LogP contribution in [0.3, 0.4) is 0 Å². The van der Waals surface area contributed by atoms with E-state index in [1.165, 1.54) is 12.8 Å². The predicted molar refractivity (Wildman–Crippen MR) is 124 cm³/mol. The molecular weight excluding hydrogens is 483 g/mol. The number of hydrogen-bond acceptors (Lipinski definition) is 5. The molecule has 7 nitrogen and oxygen atoms in total. The molecular formula is C21H33IN4O3. The molecule has 2 fully saturated rings. The van der Waals surface area contributed by atoms with Crippen molar-refractivity contribution in [1.29, 1.82) is 0 Å². The molecule has 8 heteroatoms. The summed E-state index contributed by atoms with van der Waals surface area (Å²) < 4.78 is 11.1. The van der Waals surface area contributed by atoms with E-state index in [1.54, 1.807) is 13.2 Å². The monoisotopic (exact) mass is 516 g/mol. The average Bonchev–Trinajstić information content (AvgIpc) is 3.22. The van der Waals surface area contributed by atoms with Crippen LogP contribution >= 0.6 is 24.0 Å². The molecule has 0 aromatic carbocycles. The molecule has 0 unspecified atom stereocenters. The molecule has 0 radical (unpaired) electrons. The van der Waals surface area contributed by atoms with Crippen LogP contribution in [0.1, 0.15) is 51.0 Å². The second-order valence-corrected chi connectivity index (χ2v) is 7.44. The molecule has 162 valence electrons. The Morgan fingerprint density at radius 2 is 2.00 bits per heavy atom. The van der Waals surface area contributed by atoms with Crippen molar-refractivity contribution in [2.24, 2.45) is 10.9 Å². The molecule has 1 aromatic rings. The van der Waals surface area contributed by atoms with Crippen molar-refractivity contribution < 1.29 is 14.3 Å². The number of pyridine rings is 1. The van der Waals surface area contributed by atoms with Crippen LogP contribution in [0.5, 0.6) is 5.88 Å². The number of likely N-dealkylation sites (tertiary alicyclic amines) is 1. The molecule has 2 aliphatic rings. The Balaban J connectivity index is 0.00000300. The molecule has 1 aromatic heterocycles. The van der Waals surface area contributed by atoms with E-state index in [4.69, 9.17) is 9.47 Å². The second kappa shape index (κ2) is 12.2. The molecule has 0 amide bonds. The van der Waals surface area contributed by atoms with Crippen molar-refractivity contribution >= 4 is 35.9 Å². The normalized spacial score (nSPS) is 18.3. The summed E-state index contributed by atoms with van der Waals surface area (Å²) in [5, 5.41) is 3.42. The maximum Gasteiger partial charge on any atom is 0.309 e. The molecule has 0 atom stereocenters. The largest absolute Gasteiger partial charge is 0.474 e. The Morgan fingerprint density at radius 1 is 1.28 bits per heavy atom. The van der Waals surface area contributed by atoms with E-state index in [1.807, 2.05) is 19.1 Å². The van der Waals surface area contributed by atoms with Crippen LogP contribution < -0.4 is 10.1 Å². The van der Waals surface area contributed by atoms with Gasteiger partial charge >= 0.3 is 5.97 Å². The number of carbonyl (C=O) groups is 1. The van der Waals surface area contributed by atoms with E-state index < -0.39 is 0 Å². The summed E-state index contributed by atoms with van der Waals surface area (Å²) in [6.45, 7) is 4.56. The van der Waals surface area contributed by atoms with E-state index >= 15 is 0 Å². The molecule has 0 spiro atoms. The highest BCUT2D eigenvalue weighted by Gasteiger charge is 2.27. The summed E-state index contributed by atoms with van der Waals surface area (Å²) in [5.41, 5.74) is 1.12. The molecule has 29 heavy (non-hydrogen) atoms. The Kier molecular flexibility index (Phi) is 9.96. The molecule has 2 heterocycles. The van der Waals surface area contributed by atoms with Crippen molar-refractivity contribution in [2.45, 2.75) is 58.1 Å². The lowest BCUT2D eigenvalue weighted by atomic mass is 9.97. The number of piperidine rings is 1. The highest BCUT2D eigenvalue weighted by Crippen LogP contribution is 2.23. The third-order valence-electron chi connectivity index (χ3n) is 5.47. The lowest BCUT2D eigenvalue weighted by molar-refractivity contribution is -0.149. The quantitative estimate of drug-likeness (QED) is 0.271. The van der Waals surface area contributed by atoms with Crippen molar-refractivity contribution in [3.63, 3.8) is 0 Å². The number of guanidine groups is 1. The molecule has 1 N–H and O–H groups in total. The van der Waals surface area contributed by atoms with Gasteiger partial charge in [0.25, 0.3) is 0 Å². The summed E-state index contributed by atoms with van der Waals surface area (Å²) in [7, 11) is 1.79. The lowest BCUT2D eigenvalue weighted by Gasteiger charge is -2.33. The van der Waals surface area contributed by atoms with Crippen LogP contribution in [-0.2, 0) is 16.1 Å². The van der Waals surface area contributed by atoms with E-state index in [9.17, 15) is 4.79 Å². The Labute approximate surface area is 190 Å². The Bertz CT molecular complexity index is 672. The molecule has 3 rings (SSSR count). The van der Waals surface area contributed by atoms with Gasteiger partial charge in [-0.3, -0.25) is 9.79 Å². The minimum Gasteiger partial charge on any atom is -0.474 e. The van der Waals surface area contributed by atoms with Gasteiger partial charge in [0.05, 0.1) is 12.5 Å². The van der Waals surface area contributed by atoms with Gasteiger partial charge in [-0.05, 0) is 57.1 Å². The summed E-state index contributed by atoms with van der Waals surface area (Å²) in [6.07, 6.45) is 8.45. The first-order valence-electron chi connectivity index (χ1n) is 10.4. The van der Waals surface area contributed by atoms with Crippen LogP contribution in [0, 0.1) is 5.92 Å². The number of aromatic nitrogens is 1. The van der Waals surface area contributed by atoms with Gasteiger partial charge in [0.1, 0.15) is 6.10 Å². The van der Waals surface area contributed by atoms with Gasteiger partial charge < -0.3 is 19.7 Å². The SMILES string of the molecule is CCOC(=O)C1CCN(C(=NC)NCc2ccnc(OC3CCCC3)c2)CC1.I. The fraction of sp³-hybridized carbons (Fsp3) is 0.667. The van der Waals surface area contributed by atoms with E-state index in [0.717, 1.165) is 50.3 Å². The maximum atomic E-state index is 11.9. The summed E-state index contributed by atoms with van der Waals surface area (Å²) in [4.78, 5) is 22.9. The second-order valence-electron chi connectivity index (χ2n) is 7.44. The van der Waals surface area contributed by atoms with Gasteiger partial charge in [-0.2, -0.15) is 0 Å². The molecule has 1 aliphatic heterocycles. The molecule has 1 aliphatic carbocycles. The van der Waals surface area contributed by atoms with Crippen LogP contribution in [0.15, 0.2) is 23.3 Å². The van der Waals surface area contributed by atoms with Crippen LogP contribution in [0.25, 0.3) is 0 Å². The zero-order valence-electron chi connectivity index (χ0n) is 17.4. The number of halogens is 1. The average molecular weight is 516 g/mol. The van der Waals surface area contributed by atoms with Crippen LogP contribution in [0.4, 0.5) is 0 Å². The smallest absolute Gasteiger partial charge is 0.309 e. The van der Waals surface area contributed by atoms with Crippen molar-refractivity contribution in [3.05, 3.63) is 23.9 Å². The number of rotatable bonds is 6. The molecule has 0 bridgehead atoms. The first-order valence-corrected chi connectivity index (χ1v) is 10.4. The first-order chi connectivity index (χ1) is 13.7. The summed E-state index contributed by atoms with van der Waals surface area (Å²) in [5.74, 6) is 1.50. The summed E-state index contributed by atoms with van der Waals surface area (Å²) in [6, 6.07) is 4.00. The lowest BCUT2D eigenvalue weighted by Crippen LogP contribution is -2.46. The third-order valence-corrected chi connectivity index (χ3v) is 5.47. The van der Waals surface area contributed by atoms with Gasteiger partial charge in [0, 0.05) is 38.9 Å². The van der Waals surface area contributed by atoms with Crippen molar-refractivity contribution in [2.75, 3.05) is 26.7 Å². The Morgan fingerprint density at radius 3 is 2.66 bits per heavy atom. The first kappa shape index (κ1) is 23.7. The molecule has 1 saturated carbocycles. The van der Waals surface area contributed by atoms with E-state index in [-0.39, 0.29) is 35.9 Å². The van der Waals surface area contributed by atoms with E-state index in [0.29, 0.717) is 25.1 Å². The summed E-state index contributed by atoms with van der Waals surface area (Å²) >= 11 is 0. The third kappa shape index (κ3) is 7.01. The van der Waals surface area contributed by atoms with Gasteiger partial charge in [0.15, 0.2) is 5.96 Å². The minimum atomic E-state index is -0.0725. The highest BCUT2D eigenvalue weighted by atomic mass is 127. The topological polar surface area (TPSA) is 76.0 Å². The van der Waals surface area contributed by atoms with Gasteiger partial charge in [-0.15, -0.1) is 24.0 Å². The van der Waals surface area contributed by atoms with Crippen molar-refractivity contribution in [1.82, 2.24) is 15.2 Å². The zero-order chi connectivity index (χ0) is 19.8. The minimum absolute atomic E-state index is 0.